The minimum atomic E-state index is 0.0701. The number of para-hydroxylation sites is 1. The number of likely N-dealkylation sites (tertiary alicyclic amines) is 1. The maximum Gasteiger partial charge on any atom is 0.227 e. The molecule has 1 fully saturated rings. The average molecular weight is 419 g/mol. The van der Waals surface area contributed by atoms with Crippen molar-refractivity contribution in [3.8, 4) is 11.4 Å². The minimum Gasteiger partial charge on any atom is -0.339 e. The number of thiazole rings is 1. The van der Waals surface area contributed by atoms with E-state index in [0.29, 0.717) is 24.6 Å². The molecule has 0 bridgehead atoms. The third-order valence-corrected chi connectivity index (χ3v) is 6.64. The molecule has 4 aromatic rings. The lowest BCUT2D eigenvalue weighted by Gasteiger charge is -2.22. The van der Waals surface area contributed by atoms with Crippen LogP contribution in [0.25, 0.3) is 21.6 Å². The Morgan fingerprint density at radius 1 is 1.17 bits per heavy atom. The molecule has 6 nitrogen and oxygen atoms in total. The molecule has 1 aliphatic heterocycles. The van der Waals surface area contributed by atoms with Gasteiger partial charge in [-0.05, 0) is 31.9 Å². The predicted octanol–water partition coefficient (Wildman–Crippen LogP) is 4.95. The van der Waals surface area contributed by atoms with Gasteiger partial charge in [0, 0.05) is 24.9 Å². The van der Waals surface area contributed by atoms with Crippen LogP contribution in [0.2, 0.25) is 0 Å². The molecule has 0 aliphatic carbocycles. The number of carbonyl (C=O) groups is 1. The summed E-state index contributed by atoms with van der Waals surface area (Å²) in [7, 11) is 0. The second-order valence-electron chi connectivity index (χ2n) is 7.64. The molecule has 3 heterocycles. The van der Waals surface area contributed by atoms with Gasteiger partial charge in [-0.2, -0.15) is 4.98 Å². The fraction of sp³-hybridized carbons (Fsp3) is 0.304. The van der Waals surface area contributed by atoms with Crippen molar-refractivity contribution in [2.75, 3.05) is 6.54 Å². The van der Waals surface area contributed by atoms with Crippen molar-refractivity contribution in [1.82, 2.24) is 20.0 Å². The molecule has 7 heteroatoms. The summed E-state index contributed by atoms with van der Waals surface area (Å²) in [5, 5.41) is 5.09. The van der Waals surface area contributed by atoms with Crippen molar-refractivity contribution in [2.24, 2.45) is 0 Å². The fourth-order valence-electron chi connectivity index (χ4n) is 3.89. The molecule has 2 aromatic heterocycles. The summed E-state index contributed by atoms with van der Waals surface area (Å²) in [6.07, 6.45) is 2.77. The summed E-state index contributed by atoms with van der Waals surface area (Å²) in [5.74, 6) is 1.17. The van der Waals surface area contributed by atoms with Gasteiger partial charge in [0.2, 0.25) is 17.6 Å². The van der Waals surface area contributed by atoms with Gasteiger partial charge in [-0.15, -0.1) is 11.3 Å². The van der Waals surface area contributed by atoms with Crippen molar-refractivity contribution in [3.05, 3.63) is 65.0 Å². The van der Waals surface area contributed by atoms with Gasteiger partial charge in [-0.3, -0.25) is 4.79 Å². The SMILES string of the molecule is Cc1ccc(-c2noc(CCC(=O)N3CCC[C@H]3c3nc4ccccc4s3)n2)cc1. The predicted molar refractivity (Wildman–Crippen MR) is 116 cm³/mol. The first-order chi connectivity index (χ1) is 14.7. The first kappa shape index (κ1) is 18.9. The zero-order valence-electron chi connectivity index (χ0n) is 16.7. The normalized spacial score (nSPS) is 16.4. The van der Waals surface area contributed by atoms with Crippen LogP contribution in [-0.2, 0) is 11.2 Å². The van der Waals surface area contributed by atoms with Crippen LogP contribution in [0, 0.1) is 6.92 Å². The number of fused-ring (bicyclic) bond motifs is 1. The first-order valence-corrected chi connectivity index (χ1v) is 11.0. The summed E-state index contributed by atoms with van der Waals surface area (Å²) in [6.45, 7) is 2.81. The lowest BCUT2D eigenvalue weighted by molar-refractivity contribution is -0.132. The number of aryl methyl sites for hydroxylation is 2. The van der Waals surface area contributed by atoms with Crippen LogP contribution in [0.1, 0.15) is 41.8 Å². The largest absolute Gasteiger partial charge is 0.339 e. The fourth-order valence-corrected chi connectivity index (χ4v) is 5.00. The molecule has 5 rings (SSSR count). The van der Waals surface area contributed by atoms with E-state index in [9.17, 15) is 4.79 Å². The summed E-state index contributed by atoms with van der Waals surface area (Å²) in [6, 6.07) is 16.2. The van der Waals surface area contributed by atoms with Crippen LogP contribution < -0.4 is 0 Å². The standard InChI is InChI=1S/C23H22N4O2S/c1-15-8-10-16(11-9-15)22-25-20(29-26-22)12-13-21(28)27-14-4-6-18(27)23-24-17-5-2-3-7-19(17)30-23/h2-3,5,7-11,18H,4,6,12-14H2,1H3/t18-/m0/s1. The second kappa shape index (κ2) is 7.99. The first-order valence-electron chi connectivity index (χ1n) is 10.2. The lowest BCUT2D eigenvalue weighted by atomic mass is 10.1. The van der Waals surface area contributed by atoms with Gasteiger partial charge in [0.05, 0.1) is 16.3 Å². The summed E-state index contributed by atoms with van der Waals surface area (Å²) >= 11 is 1.69. The number of carbonyl (C=O) groups excluding carboxylic acids is 1. The Morgan fingerprint density at radius 3 is 2.83 bits per heavy atom. The minimum absolute atomic E-state index is 0.0701. The highest BCUT2D eigenvalue weighted by Crippen LogP contribution is 2.36. The van der Waals surface area contributed by atoms with E-state index in [1.54, 1.807) is 11.3 Å². The van der Waals surface area contributed by atoms with Crippen LogP contribution in [0.15, 0.2) is 53.1 Å². The number of amides is 1. The van der Waals surface area contributed by atoms with Crippen molar-refractivity contribution < 1.29 is 9.32 Å². The van der Waals surface area contributed by atoms with Gasteiger partial charge in [0.15, 0.2) is 0 Å². The van der Waals surface area contributed by atoms with Crippen LogP contribution in [0.5, 0.6) is 0 Å². The molecule has 2 aromatic carbocycles. The molecule has 0 radical (unpaired) electrons. The third-order valence-electron chi connectivity index (χ3n) is 5.50. The van der Waals surface area contributed by atoms with Crippen molar-refractivity contribution in [2.45, 2.75) is 38.6 Å². The molecule has 0 saturated carbocycles. The van der Waals surface area contributed by atoms with E-state index >= 15 is 0 Å². The average Bonchev–Trinajstić information content (AvgIpc) is 3.51. The highest BCUT2D eigenvalue weighted by atomic mass is 32.1. The molecule has 0 unspecified atom stereocenters. The molecule has 1 atom stereocenters. The number of hydrogen-bond donors (Lipinski definition) is 0. The maximum absolute atomic E-state index is 12.9. The molecule has 152 valence electrons. The lowest BCUT2D eigenvalue weighted by Crippen LogP contribution is -2.30. The highest BCUT2D eigenvalue weighted by Gasteiger charge is 2.32. The Kier molecular flexibility index (Phi) is 5.04. The summed E-state index contributed by atoms with van der Waals surface area (Å²) in [4.78, 5) is 24.1. The topological polar surface area (TPSA) is 72.1 Å². The Morgan fingerprint density at radius 2 is 2.00 bits per heavy atom. The molecule has 1 amide bonds. The van der Waals surface area contributed by atoms with Crippen LogP contribution >= 0.6 is 11.3 Å². The van der Waals surface area contributed by atoms with E-state index in [-0.39, 0.29) is 11.9 Å². The number of hydrogen-bond acceptors (Lipinski definition) is 6. The number of nitrogens with zero attached hydrogens (tertiary/aromatic N) is 4. The Balaban J connectivity index is 1.25. The summed E-state index contributed by atoms with van der Waals surface area (Å²) in [5.41, 5.74) is 3.10. The Labute approximate surface area is 178 Å². The van der Waals surface area contributed by atoms with Gasteiger partial charge in [0.25, 0.3) is 0 Å². The van der Waals surface area contributed by atoms with E-state index in [2.05, 4.69) is 16.2 Å². The Bertz CT molecular complexity index is 1150. The van der Waals surface area contributed by atoms with Gasteiger partial charge < -0.3 is 9.42 Å². The molecule has 1 aliphatic rings. The zero-order valence-corrected chi connectivity index (χ0v) is 17.6. The highest BCUT2D eigenvalue weighted by molar-refractivity contribution is 7.18. The van der Waals surface area contributed by atoms with Gasteiger partial charge in [-0.25, -0.2) is 4.98 Å². The molecular weight excluding hydrogens is 396 g/mol. The monoisotopic (exact) mass is 418 g/mol. The molecule has 1 saturated heterocycles. The van der Waals surface area contributed by atoms with Crippen molar-refractivity contribution >= 4 is 27.5 Å². The van der Waals surface area contributed by atoms with Crippen LogP contribution in [0.4, 0.5) is 0 Å². The number of benzene rings is 2. The van der Waals surface area contributed by atoms with Gasteiger partial charge in [0.1, 0.15) is 5.01 Å². The summed E-state index contributed by atoms with van der Waals surface area (Å²) < 4.78 is 6.54. The van der Waals surface area contributed by atoms with Crippen molar-refractivity contribution in [1.29, 1.82) is 0 Å². The molecule has 0 spiro atoms. The van der Waals surface area contributed by atoms with Gasteiger partial charge >= 0.3 is 0 Å². The van der Waals surface area contributed by atoms with E-state index in [1.807, 2.05) is 54.3 Å². The Hall–Kier alpha value is -3.06. The van der Waals surface area contributed by atoms with Crippen molar-refractivity contribution in [3.63, 3.8) is 0 Å². The number of aromatic nitrogens is 3. The molecule has 30 heavy (non-hydrogen) atoms. The van der Waals surface area contributed by atoms with Gasteiger partial charge in [-0.1, -0.05) is 47.1 Å². The van der Waals surface area contributed by atoms with Crippen LogP contribution in [-0.4, -0.2) is 32.5 Å². The van der Waals surface area contributed by atoms with Crippen LogP contribution in [0.3, 0.4) is 0 Å². The molecule has 0 N–H and O–H groups in total. The second-order valence-corrected chi connectivity index (χ2v) is 8.70. The van der Waals surface area contributed by atoms with E-state index in [4.69, 9.17) is 9.51 Å². The van der Waals surface area contributed by atoms with E-state index in [1.165, 1.54) is 10.3 Å². The van der Waals surface area contributed by atoms with E-state index < -0.39 is 0 Å². The van der Waals surface area contributed by atoms with E-state index in [0.717, 1.165) is 35.5 Å². The zero-order chi connectivity index (χ0) is 20.5. The molecular formula is C23H22N4O2S. The maximum atomic E-state index is 12.9. The third kappa shape index (κ3) is 3.73. The quantitative estimate of drug-likeness (QED) is 0.458. The smallest absolute Gasteiger partial charge is 0.227 e. The number of rotatable bonds is 5.